The van der Waals surface area contributed by atoms with Crippen molar-refractivity contribution in [3.63, 3.8) is 0 Å². The highest BCUT2D eigenvalue weighted by Crippen LogP contribution is 2.33. The zero-order valence-electron chi connectivity index (χ0n) is 10.1. The summed E-state index contributed by atoms with van der Waals surface area (Å²) in [7, 11) is 0. The first-order valence-corrected chi connectivity index (χ1v) is 6.47. The molecular formula is C15H15FO2. The van der Waals surface area contributed by atoms with E-state index >= 15 is 0 Å². The maximum Gasteiger partial charge on any atom is 0.192 e. The summed E-state index contributed by atoms with van der Waals surface area (Å²) in [5.74, 6) is 0.670. The van der Waals surface area contributed by atoms with E-state index in [2.05, 4.69) is 0 Å². The Morgan fingerprint density at radius 2 is 1.89 bits per heavy atom. The number of fused-ring (bicyclic) bond motifs is 1. The maximum atomic E-state index is 13.2. The van der Waals surface area contributed by atoms with Crippen LogP contribution in [0.4, 0.5) is 4.39 Å². The average molecular weight is 246 g/mol. The Morgan fingerprint density at radius 1 is 1.11 bits per heavy atom. The fourth-order valence-corrected chi connectivity index (χ4v) is 2.74. The van der Waals surface area contributed by atoms with E-state index in [-0.39, 0.29) is 11.2 Å². The first-order valence-electron chi connectivity index (χ1n) is 6.47. The summed E-state index contributed by atoms with van der Waals surface area (Å²) < 4.78 is 18.9. The monoisotopic (exact) mass is 246 g/mol. The molecule has 0 amide bonds. The first-order chi connectivity index (χ1) is 8.74. The van der Waals surface area contributed by atoms with Gasteiger partial charge in [0, 0.05) is 18.1 Å². The lowest BCUT2D eigenvalue weighted by Crippen LogP contribution is -2.09. The van der Waals surface area contributed by atoms with Gasteiger partial charge in [0.05, 0.1) is 5.39 Å². The average Bonchev–Trinajstić information content (AvgIpc) is 2.39. The van der Waals surface area contributed by atoms with E-state index in [1.54, 1.807) is 6.07 Å². The Hall–Kier alpha value is -1.64. The molecule has 1 aromatic carbocycles. The molecule has 0 unspecified atom stereocenters. The highest BCUT2D eigenvalue weighted by Gasteiger charge is 2.19. The Bertz CT molecular complexity index is 624. The van der Waals surface area contributed by atoms with Crippen LogP contribution in [-0.2, 0) is 0 Å². The van der Waals surface area contributed by atoms with E-state index in [4.69, 9.17) is 4.42 Å². The van der Waals surface area contributed by atoms with Gasteiger partial charge in [-0.05, 0) is 25.0 Å². The molecule has 0 bridgehead atoms. The van der Waals surface area contributed by atoms with Gasteiger partial charge in [0.25, 0.3) is 0 Å². The zero-order valence-corrected chi connectivity index (χ0v) is 10.1. The summed E-state index contributed by atoms with van der Waals surface area (Å²) in [6.07, 6.45) is 5.72. The van der Waals surface area contributed by atoms with Gasteiger partial charge < -0.3 is 4.42 Å². The van der Waals surface area contributed by atoms with Gasteiger partial charge in [-0.25, -0.2) is 4.39 Å². The highest BCUT2D eigenvalue weighted by molar-refractivity contribution is 5.76. The third kappa shape index (κ3) is 2.05. The predicted molar refractivity (Wildman–Crippen MR) is 68.3 cm³/mol. The number of hydrogen-bond donors (Lipinski definition) is 0. The van der Waals surface area contributed by atoms with Crippen LogP contribution in [0.3, 0.4) is 0 Å². The topological polar surface area (TPSA) is 30.2 Å². The first kappa shape index (κ1) is 11.5. The molecule has 1 aromatic heterocycles. The summed E-state index contributed by atoms with van der Waals surface area (Å²) in [5.41, 5.74) is 0.292. The fraction of sp³-hybridized carbons (Fsp3) is 0.400. The Labute approximate surface area is 104 Å². The molecule has 0 atom stereocenters. The molecule has 0 aliphatic heterocycles. The molecule has 2 aromatic rings. The molecule has 1 aliphatic rings. The van der Waals surface area contributed by atoms with Crippen molar-refractivity contribution in [3.05, 3.63) is 46.1 Å². The number of halogens is 1. The van der Waals surface area contributed by atoms with Crippen LogP contribution in [0.1, 0.15) is 43.8 Å². The van der Waals surface area contributed by atoms with E-state index in [0.29, 0.717) is 16.9 Å². The Balaban J connectivity index is 2.10. The van der Waals surface area contributed by atoms with Crippen LogP contribution < -0.4 is 5.43 Å². The van der Waals surface area contributed by atoms with Gasteiger partial charge in [-0.2, -0.15) is 0 Å². The largest absolute Gasteiger partial charge is 0.460 e. The molecule has 1 fully saturated rings. The lowest BCUT2D eigenvalue weighted by Gasteiger charge is -2.20. The molecule has 18 heavy (non-hydrogen) atoms. The van der Waals surface area contributed by atoms with Gasteiger partial charge in [-0.3, -0.25) is 4.79 Å². The van der Waals surface area contributed by atoms with E-state index in [0.717, 1.165) is 18.6 Å². The van der Waals surface area contributed by atoms with Crippen molar-refractivity contribution in [2.24, 2.45) is 0 Å². The summed E-state index contributed by atoms with van der Waals surface area (Å²) in [6, 6.07) is 5.65. The lowest BCUT2D eigenvalue weighted by molar-refractivity contribution is 0.380. The third-order valence-corrected chi connectivity index (χ3v) is 3.72. The van der Waals surface area contributed by atoms with Crippen LogP contribution in [0, 0.1) is 5.82 Å². The van der Waals surface area contributed by atoms with Crippen molar-refractivity contribution >= 4 is 11.0 Å². The SMILES string of the molecule is O=c1cc(C2CCCCC2)oc2cc(F)ccc12. The van der Waals surface area contributed by atoms with Crippen molar-refractivity contribution in [2.75, 3.05) is 0 Å². The Morgan fingerprint density at radius 3 is 2.67 bits per heavy atom. The molecule has 3 rings (SSSR count). The van der Waals surface area contributed by atoms with Gasteiger partial charge in [0.1, 0.15) is 17.2 Å². The summed E-state index contributed by atoms with van der Waals surface area (Å²) >= 11 is 0. The maximum absolute atomic E-state index is 13.2. The van der Waals surface area contributed by atoms with E-state index in [1.807, 2.05) is 0 Å². The van der Waals surface area contributed by atoms with Gasteiger partial charge in [0.15, 0.2) is 5.43 Å². The van der Waals surface area contributed by atoms with Crippen LogP contribution in [0.5, 0.6) is 0 Å². The second-order valence-corrected chi connectivity index (χ2v) is 4.99. The molecule has 0 saturated heterocycles. The van der Waals surface area contributed by atoms with E-state index in [1.165, 1.54) is 37.5 Å². The molecule has 1 aliphatic carbocycles. The molecule has 0 N–H and O–H groups in total. The molecule has 2 nitrogen and oxygen atoms in total. The van der Waals surface area contributed by atoms with Crippen molar-refractivity contribution in [1.82, 2.24) is 0 Å². The van der Waals surface area contributed by atoms with Crippen LogP contribution in [0.15, 0.2) is 33.5 Å². The van der Waals surface area contributed by atoms with Crippen LogP contribution in [-0.4, -0.2) is 0 Å². The molecular weight excluding hydrogens is 231 g/mol. The molecule has 0 spiro atoms. The number of hydrogen-bond acceptors (Lipinski definition) is 2. The second-order valence-electron chi connectivity index (χ2n) is 4.99. The fourth-order valence-electron chi connectivity index (χ4n) is 2.74. The quantitative estimate of drug-likeness (QED) is 0.761. The van der Waals surface area contributed by atoms with E-state index in [9.17, 15) is 9.18 Å². The van der Waals surface area contributed by atoms with Gasteiger partial charge in [-0.15, -0.1) is 0 Å². The molecule has 3 heteroatoms. The molecule has 94 valence electrons. The summed E-state index contributed by atoms with van der Waals surface area (Å²) in [6.45, 7) is 0. The van der Waals surface area contributed by atoms with Crippen molar-refractivity contribution in [3.8, 4) is 0 Å². The normalized spacial score (nSPS) is 17.2. The van der Waals surface area contributed by atoms with Crippen LogP contribution in [0.25, 0.3) is 11.0 Å². The molecule has 0 radical (unpaired) electrons. The van der Waals surface area contributed by atoms with Crippen molar-refractivity contribution in [2.45, 2.75) is 38.0 Å². The minimum Gasteiger partial charge on any atom is -0.460 e. The van der Waals surface area contributed by atoms with Crippen LogP contribution in [0.2, 0.25) is 0 Å². The minimum absolute atomic E-state index is 0.0724. The molecule has 1 heterocycles. The number of benzene rings is 1. The number of rotatable bonds is 1. The summed E-state index contributed by atoms with van der Waals surface area (Å²) in [5, 5.41) is 0.455. The second kappa shape index (κ2) is 4.56. The minimum atomic E-state index is -0.369. The van der Waals surface area contributed by atoms with Crippen LogP contribution >= 0.6 is 0 Å². The predicted octanol–water partition coefficient (Wildman–Crippen LogP) is 3.98. The lowest BCUT2D eigenvalue weighted by atomic mass is 9.87. The zero-order chi connectivity index (χ0) is 12.5. The highest BCUT2D eigenvalue weighted by atomic mass is 19.1. The van der Waals surface area contributed by atoms with Gasteiger partial charge in [0.2, 0.25) is 0 Å². The van der Waals surface area contributed by atoms with Crippen molar-refractivity contribution < 1.29 is 8.81 Å². The molecule has 1 saturated carbocycles. The Kier molecular flexibility index (Phi) is 2.90. The van der Waals surface area contributed by atoms with E-state index < -0.39 is 0 Å². The summed E-state index contributed by atoms with van der Waals surface area (Å²) in [4.78, 5) is 12.0. The third-order valence-electron chi connectivity index (χ3n) is 3.72. The standard InChI is InChI=1S/C15H15FO2/c16-11-6-7-12-13(17)9-14(18-15(12)8-11)10-4-2-1-3-5-10/h6-10H,1-5H2. The van der Waals surface area contributed by atoms with Crippen molar-refractivity contribution in [1.29, 1.82) is 0 Å². The van der Waals surface area contributed by atoms with Gasteiger partial charge >= 0.3 is 0 Å². The van der Waals surface area contributed by atoms with Gasteiger partial charge in [-0.1, -0.05) is 19.3 Å². The smallest absolute Gasteiger partial charge is 0.192 e.